The average Bonchev–Trinajstić information content (AvgIpc) is 3.79. The van der Waals surface area contributed by atoms with Gasteiger partial charge in [-0.1, -0.05) is 143 Å². The summed E-state index contributed by atoms with van der Waals surface area (Å²) in [6.45, 7) is 15.3. The van der Waals surface area contributed by atoms with Crippen LogP contribution in [0, 0.1) is 45.8 Å². The minimum atomic E-state index is 0.0789. The van der Waals surface area contributed by atoms with Crippen LogP contribution in [-0.4, -0.2) is 4.57 Å². The molecule has 300 valence electrons. The molecule has 1 heterocycles. The zero-order valence-corrected chi connectivity index (χ0v) is 36.5. The molecule has 0 spiro atoms. The average molecular weight is 774 g/mol. The summed E-state index contributed by atoms with van der Waals surface area (Å²) in [7, 11) is 0. The monoisotopic (exact) mass is 773 g/mol. The van der Waals surface area contributed by atoms with Gasteiger partial charge in [0, 0.05) is 39.2 Å². The summed E-state index contributed by atoms with van der Waals surface area (Å²) in [6, 6.07) is 20.1. The highest BCUT2D eigenvalue weighted by Gasteiger charge is 2.53. The maximum Gasteiger partial charge on any atom is 0.0537 e. The van der Waals surface area contributed by atoms with E-state index in [1.807, 2.05) is 0 Å². The van der Waals surface area contributed by atoms with Gasteiger partial charge in [0.25, 0.3) is 0 Å². The molecule has 2 aromatic carbocycles. The van der Waals surface area contributed by atoms with Gasteiger partial charge < -0.3 is 4.57 Å². The van der Waals surface area contributed by atoms with Crippen molar-refractivity contribution in [2.75, 3.05) is 0 Å². The molecule has 1 heteroatoms. The van der Waals surface area contributed by atoms with Crippen LogP contribution in [0.4, 0.5) is 0 Å². The van der Waals surface area contributed by atoms with E-state index in [4.69, 9.17) is 0 Å². The Kier molecular flexibility index (Phi) is 8.70. The van der Waals surface area contributed by atoms with E-state index >= 15 is 0 Å². The van der Waals surface area contributed by atoms with Crippen LogP contribution in [-0.2, 0) is 6.42 Å². The Labute approximate surface area is 354 Å². The first-order chi connectivity index (χ1) is 28.5. The van der Waals surface area contributed by atoms with Gasteiger partial charge in [0.1, 0.15) is 0 Å². The summed E-state index contributed by atoms with van der Waals surface area (Å²) in [5.41, 5.74) is 24.2. The zero-order chi connectivity index (χ0) is 40.3. The van der Waals surface area contributed by atoms with Crippen LogP contribution in [0.15, 0.2) is 159 Å². The van der Waals surface area contributed by atoms with Crippen molar-refractivity contribution in [3.05, 3.63) is 170 Å². The number of fused-ring (bicyclic) bond motifs is 8. The van der Waals surface area contributed by atoms with E-state index in [1.165, 1.54) is 71.9 Å². The highest BCUT2D eigenvalue weighted by Crippen LogP contribution is 2.63. The Morgan fingerprint density at radius 2 is 1.68 bits per heavy atom. The van der Waals surface area contributed by atoms with E-state index in [-0.39, 0.29) is 16.2 Å². The maximum absolute atomic E-state index is 3.78. The molecule has 59 heavy (non-hydrogen) atoms. The summed E-state index contributed by atoms with van der Waals surface area (Å²) in [6.07, 6.45) is 36.4. The fraction of sp³-hybridized carbons (Fsp3) is 0.431. The summed E-state index contributed by atoms with van der Waals surface area (Å²) in [4.78, 5) is 0. The molecule has 6 unspecified atom stereocenters. The fourth-order valence-electron chi connectivity index (χ4n) is 13.7. The topological polar surface area (TPSA) is 4.93 Å². The molecule has 8 aliphatic carbocycles. The summed E-state index contributed by atoms with van der Waals surface area (Å²) in [5, 5.41) is 1.39. The molecular weight excluding hydrogens is 711 g/mol. The number of para-hydroxylation sites is 2. The molecule has 0 radical (unpaired) electrons. The van der Waals surface area contributed by atoms with Crippen molar-refractivity contribution in [3.8, 4) is 5.69 Å². The fourth-order valence-corrected chi connectivity index (χ4v) is 13.7. The van der Waals surface area contributed by atoms with Crippen LogP contribution in [0.3, 0.4) is 0 Å². The molecule has 0 bridgehead atoms. The quantitative estimate of drug-likeness (QED) is 0.228. The molecule has 1 aromatic heterocycles. The van der Waals surface area contributed by atoms with Gasteiger partial charge in [0.05, 0.1) is 5.52 Å². The maximum atomic E-state index is 3.78. The molecule has 11 rings (SSSR count). The predicted molar refractivity (Wildman–Crippen MR) is 248 cm³/mol. The Morgan fingerprint density at radius 1 is 0.847 bits per heavy atom. The summed E-state index contributed by atoms with van der Waals surface area (Å²) in [5.74, 6) is 2.90. The van der Waals surface area contributed by atoms with Gasteiger partial charge in [-0.3, -0.25) is 0 Å². The Balaban J connectivity index is 0.961. The highest BCUT2D eigenvalue weighted by molar-refractivity contribution is 5.93. The van der Waals surface area contributed by atoms with Gasteiger partial charge in [-0.2, -0.15) is 0 Å². The van der Waals surface area contributed by atoms with E-state index in [2.05, 4.69) is 161 Å². The van der Waals surface area contributed by atoms with Crippen molar-refractivity contribution in [2.45, 2.75) is 112 Å². The first kappa shape index (κ1) is 37.4. The van der Waals surface area contributed by atoms with E-state index in [1.54, 1.807) is 44.6 Å². The Hall–Kier alpha value is -4.58. The molecule has 1 nitrogen and oxygen atoms in total. The van der Waals surface area contributed by atoms with Crippen LogP contribution in [0.2, 0.25) is 0 Å². The standard InChI is InChI=1S/C58H63N/c1-37-32-41(34-51-55(37)46-20-11-14-22-50(46)56(51,2)3)48(35-58(6)31-30-44-43-18-10-13-21-49(43)57(4,5)52(44)36-58)39-26-24-38(25-27-39)40-28-29-54-47(33-40)45-19-12-15-23-53(45)59(54)42-16-8-7-9-17-42/h7-10,12,14-17,19,22-23,26,30,32-35,37-38,49,52,55H,11,13,20-21,24-25,27-29,31,36H2,1-6H3/b48-35+. The second kappa shape index (κ2) is 13.7. The van der Waals surface area contributed by atoms with E-state index in [0.717, 1.165) is 32.1 Å². The van der Waals surface area contributed by atoms with Crippen LogP contribution < -0.4 is 0 Å². The van der Waals surface area contributed by atoms with Gasteiger partial charge in [-0.25, -0.2) is 0 Å². The second-order valence-electron chi connectivity index (χ2n) is 21.1. The first-order valence-corrected chi connectivity index (χ1v) is 23.3. The van der Waals surface area contributed by atoms with Crippen molar-refractivity contribution in [1.29, 1.82) is 0 Å². The molecule has 0 saturated heterocycles. The lowest BCUT2D eigenvalue weighted by Crippen LogP contribution is -2.32. The lowest BCUT2D eigenvalue weighted by atomic mass is 9.63. The summed E-state index contributed by atoms with van der Waals surface area (Å²) < 4.78 is 2.53. The molecular formula is C58H63N. The number of nitrogens with zero attached hydrogens (tertiary/aromatic N) is 1. The number of hydrogen-bond donors (Lipinski definition) is 0. The lowest BCUT2D eigenvalue weighted by Gasteiger charge is -2.41. The predicted octanol–water partition coefficient (Wildman–Crippen LogP) is 15.3. The minimum Gasteiger partial charge on any atom is -0.313 e. The van der Waals surface area contributed by atoms with Crippen molar-refractivity contribution in [1.82, 2.24) is 4.57 Å². The summed E-state index contributed by atoms with van der Waals surface area (Å²) >= 11 is 0. The molecule has 1 saturated carbocycles. The van der Waals surface area contributed by atoms with Crippen molar-refractivity contribution in [2.24, 2.45) is 45.8 Å². The minimum absolute atomic E-state index is 0.0789. The molecule has 0 amide bonds. The third kappa shape index (κ3) is 5.85. The highest BCUT2D eigenvalue weighted by atomic mass is 15.0. The molecule has 0 aliphatic heterocycles. The van der Waals surface area contributed by atoms with E-state index < -0.39 is 0 Å². The van der Waals surface area contributed by atoms with Gasteiger partial charge in [-0.15, -0.1) is 5.73 Å². The van der Waals surface area contributed by atoms with E-state index in [9.17, 15) is 0 Å². The number of rotatable bonds is 5. The zero-order valence-electron chi connectivity index (χ0n) is 36.5. The third-order valence-electron chi connectivity index (χ3n) is 16.8. The van der Waals surface area contributed by atoms with E-state index in [0.29, 0.717) is 29.6 Å². The Bertz CT molecular complexity index is 2600. The molecule has 0 N–H and O–H groups in total. The molecule has 8 aliphatic rings. The van der Waals surface area contributed by atoms with Crippen LogP contribution >= 0.6 is 0 Å². The molecule has 1 fully saturated rings. The lowest BCUT2D eigenvalue weighted by molar-refractivity contribution is 0.150. The van der Waals surface area contributed by atoms with Crippen molar-refractivity contribution < 1.29 is 0 Å². The van der Waals surface area contributed by atoms with Crippen LogP contribution in [0.1, 0.15) is 117 Å². The number of allylic oxidation sites excluding steroid dienone is 16. The normalized spacial score (nSPS) is 31.6. The van der Waals surface area contributed by atoms with Crippen molar-refractivity contribution in [3.63, 3.8) is 0 Å². The molecule has 6 atom stereocenters. The third-order valence-corrected chi connectivity index (χ3v) is 16.8. The number of aromatic nitrogens is 1. The van der Waals surface area contributed by atoms with Crippen LogP contribution in [0.25, 0.3) is 22.7 Å². The Morgan fingerprint density at radius 3 is 2.51 bits per heavy atom. The van der Waals surface area contributed by atoms with Gasteiger partial charge >= 0.3 is 0 Å². The number of benzene rings is 2. The largest absolute Gasteiger partial charge is 0.313 e. The SMILES string of the molecule is CC1C=C(/C(=C/C2(C)CC=C3C4=C=CCCC4C(C)(C)C3C2)C2=CCC(C3=Cc4c(n(-c5ccccc5)c5ccccc45)CC3)CC2)C=C2C1C1=C(C=CCC1)C2(C)C. The van der Waals surface area contributed by atoms with Crippen LogP contribution in [0.5, 0.6) is 0 Å². The van der Waals surface area contributed by atoms with Gasteiger partial charge in [0.2, 0.25) is 0 Å². The number of hydrogen-bond acceptors (Lipinski definition) is 0. The smallest absolute Gasteiger partial charge is 0.0537 e. The second-order valence-corrected chi connectivity index (χ2v) is 21.1. The molecule has 3 aromatic rings. The van der Waals surface area contributed by atoms with Crippen molar-refractivity contribution >= 4 is 17.0 Å². The van der Waals surface area contributed by atoms with Gasteiger partial charge in [0.15, 0.2) is 0 Å². The first-order valence-electron chi connectivity index (χ1n) is 23.3. The van der Waals surface area contributed by atoms with Gasteiger partial charge in [-0.05, 0) is 157 Å².